The van der Waals surface area contributed by atoms with E-state index < -0.39 is 0 Å². The molecule has 3 rings (SSSR count). The molecule has 2 N–H and O–H groups in total. The van der Waals surface area contributed by atoms with Crippen LogP contribution in [0.5, 0.6) is 0 Å². The second kappa shape index (κ2) is 12.3. The van der Waals surface area contributed by atoms with Gasteiger partial charge in [0, 0.05) is 40.9 Å². The van der Waals surface area contributed by atoms with Crippen LogP contribution in [0.3, 0.4) is 0 Å². The lowest BCUT2D eigenvalue weighted by atomic mass is 10.1. The van der Waals surface area contributed by atoms with Crippen LogP contribution < -0.4 is 10.6 Å². The minimum atomic E-state index is 0.0216. The number of halogens is 1. The highest BCUT2D eigenvalue weighted by atomic mass is 35.5. The van der Waals surface area contributed by atoms with Crippen LogP contribution in [0.15, 0.2) is 54.7 Å². The molecular formula is C26H32ClN3O. The minimum absolute atomic E-state index is 0.0216. The number of nitrogens with zero attached hydrogens (tertiary/aromatic N) is 1. The number of unbranched alkanes of at least 4 members (excludes halogenated alkanes) is 4. The third kappa shape index (κ3) is 7.25. The van der Waals surface area contributed by atoms with E-state index in [1.165, 1.54) is 18.4 Å². The molecule has 1 aromatic heterocycles. The number of amides is 1. The lowest BCUT2D eigenvalue weighted by Gasteiger charge is -2.10. The van der Waals surface area contributed by atoms with Gasteiger partial charge in [0.15, 0.2) is 0 Å². The summed E-state index contributed by atoms with van der Waals surface area (Å²) in [6.07, 6.45) is 9.58. The van der Waals surface area contributed by atoms with Crippen molar-refractivity contribution in [2.24, 2.45) is 0 Å². The number of nitrogens with one attached hydrogen (secondary N) is 2. The molecule has 0 saturated heterocycles. The predicted molar refractivity (Wildman–Crippen MR) is 131 cm³/mol. The van der Waals surface area contributed by atoms with E-state index >= 15 is 0 Å². The molecule has 0 aliphatic carbocycles. The first-order valence-electron chi connectivity index (χ1n) is 11.3. The zero-order valence-electron chi connectivity index (χ0n) is 18.3. The Morgan fingerprint density at radius 3 is 2.48 bits per heavy atom. The van der Waals surface area contributed by atoms with Crippen LogP contribution in [0.1, 0.15) is 61.4 Å². The number of aryl methyl sites for hydroxylation is 1. The van der Waals surface area contributed by atoms with Gasteiger partial charge in [-0.05, 0) is 67.6 Å². The molecule has 0 radical (unpaired) electrons. The van der Waals surface area contributed by atoms with Gasteiger partial charge < -0.3 is 10.6 Å². The number of hydrogen-bond donors (Lipinski definition) is 2. The highest BCUT2D eigenvalue weighted by molar-refractivity contribution is 6.31. The van der Waals surface area contributed by atoms with Gasteiger partial charge in [0.25, 0.3) is 5.91 Å². The molecule has 0 aliphatic rings. The van der Waals surface area contributed by atoms with Crippen LogP contribution in [0.4, 0.5) is 5.69 Å². The van der Waals surface area contributed by atoms with Crippen LogP contribution >= 0.6 is 11.6 Å². The molecule has 31 heavy (non-hydrogen) atoms. The van der Waals surface area contributed by atoms with Crippen molar-refractivity contribution >= 4 is 34.1 Å². The molecule has 0 bridgehead atoms. The van der Waals surface area contributed by atoms with Crippen molar-refractivity contribution in [3.8, 4) is 0 Å². The van der Waals surface area contributed by atoms with Crippen molar-refractivity contribution in [1.82, 2.24) is 10.3 Å². The highest BCUT2D eigenvalue weighted by Gasteiger charge is 2.05. The SMILES string of the molecule is CCCCc1ccc(C(=O)NCCCCCCNc2ccnc3cc(Cl)ccc23)cc1. The largest absolute Gasteiger partial charge is 0.384 e. The highest BCUT2D eigenvalue weighted by Crippen LogP contribution is 2.24. The van der Waals surface area contributed by atoms with E-state index in [9.17, 15) is 4.79 Å². The zero-order chi connectivity index (χ0) is 21.9. The molecule has 0 saturated carbocycles. The van der Waals surface area contributed by atoms with Gasteiger partial charge in [-0.15, -0.1) is 0 Å². The number of fused-ring (bicyclic) bond motifs is 1. The molecule has 4 nitrogen and oxygen atoms in total. The maximum atomic E-state index is 12.3. The summed E-state index contributed by atoms with van der Waals surface area (Å²) in [4.78, 5) is 16.6. The topological polar surface area (TPSA) is 54.0 Å². The van der Waals surface area contributed by atoms with Crippen molar-refractivity contribution in [1.29, 1.82) is 0 Å². The second-order valence-corrected chi connectivity index (χ2v) is 8.35. The van der Waals surface area contributed by atoms with E-state index in [2.05, 4.69) is 34.7 Å². The van der Waals surface area contributed by atoms with E-state index in [1.807, 2.05) is 42.6 Å². The Kier molecular flexibility index (Phi) is 9.16. The Balaban J connectivity index is 1.29. The van der Waals surface area contributed by atoms with Crippen LogP contribution in [-0.2, 0) is 6.42 Å². The summed E-state index contributed by atoms with van der Waals surface area (Å²) in [5, 5.41) is 8.33. The number of carbonyl (C=O) groups is 1. The zero-order valence-corrected chi connectivity index (χ0v) is 19.0. The van der Waals surface area contributed by atoms with Crippen molar-refractivity contribution in [3.05, 3.63) is 70.9 Å². The molecular weight excluding hydrogens is 406 g/mol. The predicted octanol–water partition coefficient (Wildman–Crippen LogP) is 6.63. The molecule has 3 aromatic rings. The quantitative estimate of drug-likeness (QED) is 0.312. The van der Waals surface area contributed by atoms with Gasteiger partial charge in [0.2, 0.25) is 0 Å². The van der Waals surface area contributed by atoms with Gasteiger partial charge in [0.1, 0.15) is 0 Å². The number of carbonyl (C=O) groups excluding carboxylic acids is 1. The average molecular weight is 438 g/mol. The summed E-state index contributed by atoms with van der Waals surface area (Å²) < 4.78 is 0. The van der Waals surface area contributed by atoms with Crippen molar-refractivity contribution in [3.63, 3.8) is 0 Å². The Bertz CT molecular complexity index is 972. The summed E-state index contributed by atoms with van der Waals surface area (Å²) >= 11 is 6.05. The Morgan fingerprint density at radius 1 is 0.935 bits per heavy atom. The summed E-state index contributed by atoms with van der Waals surface area (Å²) in [6.45, 7) is 3.83. The first kappa shape index (κ1) is 23.1. The molecule has 2 aromatic carbocycles. The molecule has 1 heterocycles. The van der Waals surface area contributed by atoms with Crippen LogP contribution in [-0.4, -0.2) is 24.0 Å². The fourth-order valence-electron chi connectivity index (χ4n) is 3.61. The van der Waals surface area contributed by atoms with E-state index in [0.717, 1.165) is 67.3 Å². The number of rotatable bonds is 12. The van der Waals surface area contributed by atoms with E-state index in [-0.39, 0.29) is 5.91 Å². The molecule has 0 unspecified atom stereocenters. The van der Waals surface area contributed by atoms with E-state index in [1.54, 1.807) is 0 Å². The van der Waals surface area contributed by atoms with Crippen molar-refractivity contribution < 1.29 is 4.79 Å². The standard InChI is InChI=1S/C26H32ClN3O/c1-2-3-8-20-9-11-21(12-10-20)26(31)30-17-7-5-4-6-16-28-24-15-18-29-25-19-22(27)13-14-23(24)25/h9-15,18-19H,2-8,16-17H2,1H3,(H,28,29)(H,30,31). The molecule has 0 spiro atoms. The lowest BCUT2D eigenvalue weighted by Crippen LogP contribution is -2.24. The summed E-state index contributed by atoms with van der Waals surface area (Å²) in [6, 6.07) is 15.8. The Hall–Kier alpha value is -2.59. The monoisotopic (exact) mass is 437 g/mol. The number of benzene rings is 2. The fourth-order valence-corrected chi connectivity index (χ4v) is 3.78. The van der Waals surface area contributed by atoms with Crippen LogP contribution in [0.2, 0.25) is 5.02 Å². The van der Waals surface area contributed by atoms with E-state index in [0.29, 0.717) is 5.02 Å². The molecule has 164 valence electrons. The van der Waals surface area contributed by atoms with Gasteiger partial charge in [0.05, 0.1) is 5.52 Å². The molecule has 0 fully saturated rings. The van der Waals surface area contributed by atoms with Gasteiger partial charge in [-0.3, -0.25) is 9.78 Å². The van der Waals surface area contributed by atoms with Gasteiger partial charge in [-0.25, -0.2) is 0 Å². The van der Waals surface area contributed by atoms with Crippen LogP contribution in [0.25, 0.3) is 10.9 Å². The van der Waals surface area contributed by atoms with Crippen molar-refractivity contribution in [2.75, 3.05) is 18.4 Å². The van der Waals surface area contributed by atoms with Crippen molar-refractivity contribution in [2.45, 2.75) is 51.9 Å². The summed E-state index contributed by atoms with van der Waals surface area (Å²) in [5.41, 5.74) is 4.05. The summed E-state index contributed by atoms with van der Waals surface area (Å²) in [7, 11) is 0. The number of pyridine rings is 1. The van der Waals surface area contributed by atoms with E-state index in [4.69, 9.17) is 11.6 Å². The molecule has 1 amide bonds. The first-order chi connectivity index (χ1) is 15.2. The summed E-state index contributed by atoms with van der Waals surface area (Å²) in [5.74, 6) is 0.0216. The van der Waals surface area contributed by atoms with Crippen LogP contribution in [0, 0.1) is 0 Å². The number of hydrogen-bond acceptors (Lipinski definition) is 3. The first-order valence-corrected chi connectivity index (χ1v) is 11.7. The molecule has 0 atom stereocenters. The average Bonchev–Trinajstić information content (AvgIpc) is 2.79. The minimum Gasteiger partial charge on any atom is -0.384 e. The maximum Gasteiger partial charge on any atom is 0.251 e. The smallest absolute Gasteiger partial charge is 0.251 e. The van der Waals surface area contributed by atoms with Gasteiger partial charge in [-0.1, -0.05) is 49.9 Å². The lowest BCUT2D eigenvalue weighted by molar-refractivity contribution is 0.0953. The van der Waals surface area contributed by atoms with Gasteiger partial charge >= 0.3 is 0 Å². The third-order valence-electron chi connectivity index (χ3n) is 5.44. The second-order valence-electron chi connectivity index (χ2n) is 7.92. The molecule has 0 aliphatic heterocycles. The third-order valence-corrected chi connectivity index (χ3v) is 5.68. The Morgan fingerprint density at radius 2 is 1.71 bits per heavy atom. The maximum absolute atomic E-state index is 12.3. The fraction of sp³-hybridized carbons (Fsp3) is 0.385. The van der Waals surface area contributed by atoms with Gasteiger partial charge in [-0.2, -0.15) is 0 Å². The molecule has 5 heteroatoms. The normalized spacial score (nSPS) is 10.9. The Labute approximate surface area is 190 Å². The number of anilines is 1. The number of aromatic nitrogens is 1.